The topological polar surface area (TPSA) is 65.0 Å². The molecule has 0 fully saturated rings. The van der Waals surface area contributed by atoms with Gasteiger partial charge in [-0.2, -0.15) is 0 Å². The van der Waals surface area contributed by atoms with E-state index in [4.69, 9.17) is 23.8 Å². The van der Waals surface area contributed by atoms with Gasteiger partial charge < -0.3 is 8.83 Å². The van der Waals surface area contributed by atoms with Gasteiger partial charge in [-0.05, 0) is 69.1 Å². The van der Waals surface area contributed by atoms with Crippen LogP contribution in [0.1, 0.15) is 0 Å². The van der Waals surface area contributed by atoms with Crippen molar-refractivity contribution in [2.75, 3.05) is 0 Å². The normalized spacial score (nSPS) is 11.8. The van der Waals surface area contributed by atoms with Gasteiger partial charge >= 0.3 is 0 Å². The van der Waals surface area contributed by atoms with Crippen molar-refractivity contribution in [2.45, 2.75) is 0 Å². The van der Waals surface area contributed by atoms with Gasteiger partial charge in [0.15, 0.2) is 17.5 Å². The van der Waals surface area contributed by atoms with E-state index in [0.717, 1.165) is 71.7 Å². The molecular weight excluding hydrogens is 639 g/mol. The fourth-order valence-electron chi connectivity index (χ4n) is 7.67. The monoisotopic (exact) mass is 665 g/mol. The Morgan fingerprint density at radius 2 is 0.885 bits per heavy atom. The number of furan rings is 2. The van der Waals surface area contributed by atoms with Gasteiger partial charge in [0.1, 0.15) is 22.3 Å². The third-order valence-electron chi connectivity index (χ3n) is 10.1. The van der Waals surface area contributed by atoms with E-state index in [1.165, 1.54) is 21.5 Å². The van der Waals surface area contributed by atoms with Crippen molar-refractivity contribution in [3.63, 3.8) is 0 Å². The highest BCUT2D eigenvalue weighted by molar-refractivity contribution is 6.15. The van der Waals surface area contributed by atoms with Gasteiger partial charge in [-0.3, -0.25) is 0 Å². The molecule has 0 amide bonds. The average molecular weight is 666 g/mol. The Balaban J connectivity index is 1.21. The number of fused-ring (bicyclic) bond motifs is 9. The van der Waals surface area contributed by atoms with Crippen molar-refractivity contribution in [1.29, 1.82) is 0 Å². The van der Waals surface area contributed by atoms with Crippen molar-refractivity contribution in [3.05, 3.63) is 164 Å². The summed E-state index contributed by atoms with van der Waals surface area (Å²) < 4.78 is 12.9. The largest absolute Gasteiger partial charge is 0.456 e. The summed E-state index contributed by atoms with van der Waals surface area (Å²) >= 11 is 0. The van der Waals surface area contributed by atoms with Crippen LogP contribution in [0.3, 0.4) is 0 Å². The summed E-state index contributed by atoms with van der Waals surface area (Å²) in [5.41, 5.74) is 7.96. The van der Waals surface area contributed by atoms with E-state index in [1.54, 1.807) is 0 Å². The molecule has 0 aliphatic carbocycles. The fourth-order valence-corrected chi connectivity index (χ4v) is 7.67. The Kier molecular flexibility index (Phi) is 6.18. The third-order valence-corrected chi connectivity index (χ3v) is 10.1. The van der Waals surface area contributed by atoms with Crippen LogP contribution in [0.2, 0.25) is 0 Å². The molecule has 0 atom stereocenters. The number of aromatic nitrogens is 3. The van der Waals surface area contributed by atoms with Crippen molar-refractivity contribution >= 4 is 65.4 Å². The van der Waals surface area contributed by atoms with Crippen LogP contribution in [0.5, 0.6) is 0 Å². The molecule has 0 radical (unpaired) electrons. The molecular formula is C47H27N3O2. The minimum absolute atomic E-state index is 0.568. The summed E-state index contributed by atoms with van der Waals surface area (Å²) in [6.07, 6.45) is 0. The first-order valence-electron chi connectivity index (χ1n) is 17.3. The second kappa shape index (κ2) is 11.2. The predicted molar refractivity (Wildman–Crippen MR) is 211 cm³/mol. The first-order valence-corrected chi connectivity index (χ1v) is 17.3. The number of benzene rings is 8. The lowest BCUT2D eigenvalue weighted by Gasteiger charge is -2.12. The smallest absolute Gasteiger partial charge is 0.164 e. The Morgan fingerprint density at radius 3 is 1.67 bits per heavy atom. The summed E-state index contributed by atoms with van der Waals surface area (Å²) in [5.74, 6) is 1.73. The highest BCUT2D eigenvalue weighted by Crippen LogP contribution is 2.42. The van der Waals surface area contributed by atoms with E-state index in [0.29, 0.717) is 17.5 Å². The number of nitrogens with zero attached hydrogens (tertiary/aromatic N) is 3. The molecule has 0 aliphatic rings. The van der Waals surface area contributed by atoms with Crippen LogP contribution >= 0.6 is 0 Å². The summed E-state index contributed by atoms with van der Waals surface area (Å²) in [4.78, 5) is 15.6. The molecule has 0 spiro atoms. The zero-order chi connectivity index (χ0) is 34.2. The van der Waals surface area contributed by atoms with Gasteiger partial charge in [-0.1, -0.05) is 127 Å². The molecule has 0 bridgehead atoms. The second-order valence-electron chi connectivity index (χ2n) is 13.2. The van der Waals surface area contributed by atoms with Gasteiger partial charge in [0, 0.05) is 38.2 Å². The van der Waals surface area contributed by atoms with Crippen LogP contribution in [0.25, 0.3) is 111 Å². The Morgan fingerprint density at radius 1 is 0.308 bits per heavy atom. The summed E-state index contributed by atoms with van der Waals surface area (Å²) in [7, 11) is 0. The van der Waals surface area contributed by atoms with E-state index in [2.05, 4.69) is 84.9 Å². The average Bonchev–Trinajstić information content (AvgIpc) is 3.79. The molecule has 3 heterocycles. The molecule has 8 aromatic carbocycles. The molecule has 0 aliphatic heterocycles. The molecule has 11 rings (SSSR count). The highest BCUT2D eigenvalue weighted by atomic mass is 16.3. The molecule has 242 valence electrons. The summed E-state index contributed by atoms with van der Waals surface area (Å²) in [6, 6.07) is 56.4. The SMILES string of the molecule is c1ccc(-c2nc(-c3cccc4oc5ccccc5c34)nc(-c3cc(-c4ccc5ccc6ccccc6c5c4)cc4oc5ccccc5c34)n2)cc1. The molecule has 0 saturated heterocycles. The Labute approximate surface area is 297 Å². The van der Waals surface area contributed by atoms with Crippen LogP contribution in [0, 0.1) is 0 Å². The van der Waals surface area contributed by atoms with E-state index in [-0.39, 0.29) is 0 Å². The van der Waals surface area contributed by atoms with Gasteiger partial charge in [0.05, 0.1) is 0 Å². The highest BCUT2D eigenvalue weighted by Gasteiger charge is 2.21. The van der Waals surface area contributed by atoms with Crippen LogP contribution in [-0.2, 0) is 0 Å². The van der Waals surface area contributed by atoms with Gasteiger partial charge in [-0.15, -0.1) is 0 Å². The lowest BCUT2D eigenvalue weighted by molar-refractivity contribution is 0.668. The Hall–Kier alpha value is -7.11. The molecule has 0 saturated carbocycles. The third kappa shape index (κ3) is 4.46. The fraction of sp³-hybridized carbons (Fsp3) is 0. The van der Waals surface area contributed by atoms with Crippen molar-refractivity contribution in [3.8, 4) is 45.3 Å². The zero-order valence-electron chi connectivity index (χ0n) is 27.7. The molecule has 5 heteroatoms. The molecule has 52 heavy (non-hydrogen) atoms. The first kappa shape index (κ1) is 28.7. The predicted octanol–water partition coefficient (Wildman–Crippen LogP) is 12.6. The van der Waals surface area contributed by atoms with Gasteiger partial charge in [0.2, 0.25) is 0 Å². The number of rotatable bonds is 4. The van der Waals surface area contributed by atoms with Crippen molar-refractivity contribution in [2.24, 2.45) is 0 Å². The second-order valence-corrected chi connectivity index (χ2v) is 13.2. The number of hydrogen-bond acceptors (Lipinski definition) is 5. The van der Waals surface area contributed by atoms with Crippen LogP contribution in [0.4, 0.5) is 0 Å². The minimum Gasteiger partial charge on any atom is -0.456 e. The maximum absolute atomic E-state index is 6.58. The van der Waals surface area contributed by atoms with Gasteiger partial charge in [0.25, 0.3) is 0 Å². The van der Waals surface area contributed by atoms with Crippen LogP contribution in [-0.4, -0.2) is 15.0 Å². The van der Waals surface area contributed by atoms with Crippen LogP contribution < -0.4 is 0 Å². The standard InChI is InChI=1S/C47H27N3O2/c1-2-12-30(13-3-1)45-48-46(36-17-10-20-41-43(36)34-15-6-8-18-39(34)51-41)50-47(49-45)38-26-32(27-42-44(38)35-16-7-9-19-40(35)52-42)31-24-23-29-22-21-28-11-4-5-14-33(28)37(29)25-31/h1-27H. The number of hydrogen-bond donors (Lipinski definition) is 0. The van der Waals surface area contributed by atoms with Gasteiger partial charge in [-0.25, -0.2) is 15.0 Å². The lowest BCUT2D eigenvalue weighted by Crippen LogP contribution is -2.01. The van der Waals surface area contributed by atoms with E-state index < -0.39 is 0 Å². The maximum atomic E-state index is 6.58. The zero-order valence-corrected chi connectivity index (χ0v) is 27.7. The molecule has 11 aromatic rings. The molecule has 3 aromatic heterocycles. The van der Waals surface area contributed by atoms with E-state index in [9.17, 15) is 0 Å². The van der Waals surface area contributed by atoms with Crippen LogP contribution in [0.15, 0.2) is 173 Å². The quantitative estimate of drug-likeness (QED) is 0.175. The summed E-state index contributed by atoms with van der Waals surface area (Å²) in [6.45, 7) is 0. The summed E-state index contributed by atoms with van der Waals surface area (Å²) in [5, 5.41) is 8.81. The maximum Gasteiger partial charge on any atom is 0.164 e. The Bertz CT molecular complexity index is 3190. The first-order chi connectivity index (χ1) is 25.7. The van der Waals surface area contributed by atoms with E-state index in [1.807, 2.05) is 78.9 Å². The number of para-hydroxylation sites is 2. The minimum atomic E-state index is 0.568. The molecule has 0 unspecified atom stereocenters. The lowest BCUT2D eigenvalue weighted by atomic mass is 9.94. The van der Waals surface area contributed by atoms with Crippen molar-refractivity contribution in [1.82, 2.24) is 15.0 Å². The molecule has 0 N–H and O–H groups in total. The van der Waals surface area contributed by atoms with Crippen molar-refractivity contribution < 1.29 is 8.83 Å². The van der Waals surface area contributed by atoms with E-state index >= 15 is 0 Å². The molecule has 5 nitrogen and oxygen atoms in total.